The summed E-state index contributed by atoms with van der Waals surface area (Å²) in [5.74, 6) is -1.38. The first kappa shape index (κ1) is 33.9. The molecule has 8 bridgehead atoms. The molecule has 278 valence electrons. The highest BCUT2D eigenvalue weighted by molar-refractivity contribution is 6.17. The number of amides is 2. The Morgan fingerprint density at radius 1 is 0.500 bits per heavy atom. The van der Waals surface area contributed by atoms with E-state index in [-0.39, 0.29) is 11.8 Å². The molecule has 0 radical (unpaired) electrons. The molecular weight excluding hydrogens is 715 g/mol. The predicted octanol–water partition coefficient (Wildman–Crippen LogP) is 11.1. The van der Waals surface area contributed by atoms with Gasteiger partial charge in [0.2, 0.25) is 11.8 Å². The van der Waals surface area contributed by atoms with Crippen molar-refractivity contribution in [2.45, 2.75) is 12.8 Å². The fourth-order valence-corrected chi connectivity index (χ4v) is 9.45. The van der Waals surface area contributed by atoms with Crippen LogP contribution < -0.4 is 0 Å². The van der Waals surface area contributed by atoms with Gasteiger partial charge < -0.3 is 9.97 Å². The molecule has 3 aromatic heterocycles. The lowest BCUT2D eigenvalue weighted by Gasteiger charge is -2.25. The Morgan fingerprint density at radius 3 is 1.38 bits per heavy atom. The lowest BCUT2D eigenvalue weighted by molar-refractivity contribution is -0.137. The third-order valence-electron chi connectivity index (χ3n) is 12.1. The first-order valence-electron chi connectivity index (χ1n) is 19.8. The lowest BCUT2D eigenvalue weighted by Crippen LogP contribution is -2.26. The van der Waals surface area contributed by atoms with E-state index in [2.05, 4.69) is 107 Å². The second-order valence-electron chi connectivity index (χ2n) is 15.3. The fourth-order valence-electron chi connectivity index (χ4n) is 9.45. The molecule has 3 aliphatic heterocycles. The SMILES string of the molecule is CN1C(=O)[C@H]2C3=C(CC[C@H]2C1=O)c1nc3c(-c2ccccc2)c2ccc([nH]2)c(-c2ccccc2)c2nc(c(-c3ccccc3)c3ccc([nH]3)c1-c1ccccc1)C=C2. The molecule has 1 aliphatic carbocycles. The van der Waals surface area contributed by atoms with Crippen LogP contribution in [-0.4, -0.2) is 43.7 Å². The second kappa shape index (κ2) is 13.4. The fraction of sp³-hybridized carbons (Fsp3) is 0.0980. The Hall–Kier alpha value is -7.38. The Morgan fingerprint density at radius 2 is 0.914 bits per heavy atom. The normalized spacial score (nSPS) is 17.2. The molecule has 6 heterocycles. The van der Waals surface area contributed by atoms with Crippen LogP contribution >= 0.6 is 0 Å². The van der Waals surface area contributed by atoms with Crippen LogP contribution in [-0.2, 0) is 9.59 Å². The predicted molar refractivity (Wildman–Crippen MR) is 232 cm³/mol. The average Bonchev–Trinajstić information content (AvgIpc) is 4.13. The van der Waals surface area contributed by atoms with Gasteiger partial charge in [0.1, 0.15) is 0 Å². The number of H-pyrrole nitrogens is 2. The third kappa shape index (κ3) is 5.27. The van der Waals surface area contributed by atoms with Gasteiger partial charge in [-0.2, -0.15) is 0 Å². The number of imide groups is 1. The van der Waals surface area contributed by atoms with Crippen LogP contribution in [0.5, 0.6) is 0 Å². The van der Waals surface area contributed by atoms with Gasteiger partial charge in [0.25, 0.3) is 0 Å². The minimum Gasteiger partial charge on any atom is -0.354 e. The van der Waals surface area contributed by atoms with Crippen molar-refractivity contribution in [3.8, 4) is 44.5 Å². The Bertz CT molecular complexity index is 3050. The number of carbonyl (C=O) groups excluding carboxylic acids is 2. The van der Waals surface area contributed by atoms with Crippen LogP contribution in [0.15, 0.2) is 146 Å². The average molecular weight is 752 g/mol. The number of aromatic nitrogens is 4. The van der Waals surface area contributed by atoms with E-state index in [1.165, 1.54) is 4.90 Å². The summed E-state index contributed by atoms with van der Waals surface area (Å²) < 4.78 is 0. The van der Waals surface area contributed by atoms with E-state index in [0.29, 0.717) is 12.8 Å². The molecule has 58 heavy (non-hydrogen) atoms. The quantitative estimate of drug-likeness (QED) is 0.175. The summed E-state index contributed by atoms with van der Waals surface area (Å²) >= 11 is 0. The van der Waals surface area contributed by atoms with Crippen molar-refractivity contribution in [1.82, 2.24) is 24.8 Å². The van der Waals surface area contributed by atoms with Gasteiger partial charge in [-0.05, 0) is 82.7 Å². The van der Waals surface area contributed by atoms with Crippen molar-refractivity contribution in [2.75, 3.05) is 7.05 Å². The molecule has 2 N–H and O–H groups in total. The van der Waals surface area contributed by atoms with Crippen LogP contribution in [0.25, 0.3) is 89.9 Å². The van der Waals surface area contributed by atoms with E-state index in [1.54, 1.807) is 7.05 Å². The molecule has 4 aromatic carbocycles. The number of nitrogens with one attached hydrogen (secondary N) is 2. The van der Waals surface area contributed by atoms with E-state index in [1.807, 2.05) is 60.7 Å². The maximum absolute atomic E-state index is 14.3. The number of hydrogen-bond acceptors (Lipinski definition) is 4. The monoisotopic (exact) mass is 751 g/mol. The summed E-state index contributed by atoms with van der Waals surface area (Å²) in [6.07, 6.45) is 5.40. The molecule has 1 saturated heterocycles. The number of nitrogens with zero attached hydrogens (tertiary/aromatic N) is 3. The number of carbonyl (C=O) groups is 2. The van der Waals surface area contributed by atoms with E-state index >= 15 is 0 Å². The molecule has 0 spiro atoms. The number of hydrogen-bond donors (Lipinski definition) is 2. The number of benzene rings is 4. The molecule has 7 heteroatoms. The van der Waals surface area contributed by atoms with Gasteiger partial charge in [-0.25, -0.2) is 9.97 Å². The summed E-state index contributed by atoms with van der Waals surface area (Å²) in [5.41, 5.74) is 16.4. The highest BCUT2D eigenvalue weighted by Crippen LogP contribution is 2.54. The topological polar surface area (TPSA) is 94.7 Å². The summed E-state index contributed by atoms with van der Waals surface area (Å²) in [7, 11) is 1.62. The van der Waals surface area contributed by atoms with E-state index < -0.39 is 11.8 Å². The number of aromatic amines is 2. The number of likely N-dealkylation sites (tertiary alicyclic amines) is 1. The maximum Gasteiger partial charge on any atom is 0.237 e. The van der Waals surface area contributed by atoms with Crippen molar-refractivity contribution < 1.29 is 9.59 Å². The maximum atomic E-state index is 14.3. The molecule has 2 atom stereocenters. The number of allylic oxidation sites excluding steroid dienone is 1. The minimum absolute atomic E-state index is 0.120. The zero-order valence-corrected chi connectivity index (χ0v) is 31.7. The highest BCUT2D eigenvalue weighted by Gasteiger charge is 2.52. The van der Waals surface area contributed by atoms with Crippen LogP contribution in [0.4, 0.5) is 0 Å². The first-order chi connectivity index (χ1) is 28.5. The molecule has 0 saturated carbocycles. The Labute approximate surface area is 335 Å². The lowest BCUT2D eigenvalue weighted by atomic mass is 9.74. The largest absolute Gasteiger partial charge is 0.354 e. The van der Waals surface area contributed by atoms with Crippen molar-refractivity contribution >= 4 is 57.2 Å². The Kier molecular flexibility index (Phi) is 7.83. The second-order valence-corrected chi connectivity index (χ2v) is 15.3. The molecule has 1 fully saturated rings. The molecular formula is C51H37N5O2. The first-order valence-corrected chi connectivity index (χ1v) is 19.8. The summed E-state index contributed by atoms with van der Waals surface area (Å²) in [5, 5.41) is 0. The van der Waals surface area contributed by atoms with Crippen molar-refractivity contribution in [2.24, 2.45) is 11.8 Å². The zero-order chi connectivity index (χ0) is 38.9. The molecule has 4 aliphatic rings. The van der Waals surface area contributed by atoms with Gasteiger partial charge in [-0.15, -0.1) is 0 Å². The molecule has 0 unspecified atom stereocenters. The van der Waals surface area contributed by atoms with Gasteiger partial charge >= 0.3 is 0 Å². The summed E-state index contributed by atoms with van der Waals surface area (Å²) in [6.45, 7) is 0. The van der Waals surface area contributed by atoms with Crippen molar-refractivity contribution in [1.29, 1.82) is 0 Å². The summed E-state index contributed by atoms with van der Waals surface area (Å²) in [6, 6.07) is 49.8. The minimum atomic E-state index is -0.639. The Balaban J connectivity index is 1.37. The van der Waals surface area contributed by atoms with Gasteiger partial charge in [0.15, 0.2) is 0 Å². The van der Waals surface area contributed by atoms with Crippen LogP contribution in [0.2, 0.25) is 0 Å². The highest BCUT2D eigenvalue weighted by atomic mass is 16.2. The van der Waals surface area contributed by atoms with E-state index in [4.69, 9.17) is 9.97 Å². The van der Waals surface area contributed by atoms with Crippen LogP contribution in [0.1, 0.15) is 35.6 Å². The molecule has 7 nitrogen and oxygen atoms in total. The molecule has 7 aromatic rings. The van der Waals surface area contributed by atoms with E-state index in [0.717, 1.165) is 100 Å². The third-order valence-corrected chi connectivity index (χ3v) is 12.1. The molecule has 2 amide bonds. The zero-order valence-electron chi connectivity index (χ0n) is 31.7. The summed E-state index contributed by atoms with van der Waals surface area (Å²) in [4.78, 5) is 48.1. The van der Waals surface area contributed by atoms with Gasteiger partial charge in [0.05, 0.1) is 34.6 Å². The number of fused-ring (bicyclic) bond motifs is 12. The van der Waals surface area contributed by atoms with Crippen molar-refractivity contribution in [3.63, 3.8) is 0 Å². The number of rotatable bonds is 4. The standard InChI is InChI=1S/C51H37N5O2/c1-56-50(57)35-23-22-34-46(47(35)51(56)58)49-45(33-20-12-5-13-21-33)41-29-27-39(54-41)43(31-16-8-3-9-17-31)37-25-24-36(52-37)42(30-14-6-2-7-15-30)38-26-28-40(53-38)44(48(34)55-49)32-18-10-4-11-19-32/h2-21,24-29,35,47,53-54H,22-23H2,1H3/t35-,47-/m1/s1. The smallest absolute Gasteiger partial charge is 0.237 e. The van der Waals surface area contributed by atoms with E-state index in [9.17, 15) is 9.59 Å². The van der Waals surface area contributed by atoms with Crippen LogP contribution in [0.3, 0.4) is 0 Å². The van der Waals surface area contributed by atoms with Gasteiger partial charge in [0, 0.05) is 51.4 Å². The van der Waals surface area contributed by atoms with Crippen molar-refractivity contribution in [3.05, 3.63) is 168 Å². The molecule has 11 rings (SSSR count). The van der Waals surface area contributed by atoms with Crippen LogP contribution in [0, 0.1) is 11.8 Å². The van der Waals surface area contributed by atoms with Gasteiger partial charge in [-0.1, -0.05) is 121 Å². The van der Waals surface area contributed by atoms with Gasteiger partial charge in [-0.3, -0.25) is 14.5 Å².